The van der Waals surface area contributed by atoms with E-state index < -0.39 is 0 Å². The molecule has 0 saturated carbocycles. The van der Waals surface area contributed by atoms with Gasteiger partial charge in [0.1, 0.15) is 0 Å². The molecule has 2 nitrogen and oxygen atoms in total. The molecular weight excluding hydrogens is 308 g/mol. The summed E-state index contributed by atoms with van der Waals surface area (Å²) in [5, 5.41) is 6.50. The van der Waals surface area contributed by atoms with Crippen molar-refractivity contribution >= 4 is 31.9 Å². The summed E-state index contributed by atoms with van der Waals surface area (Å²) in [6, 6.07) is 2.21. The standard InChI is InChI=1S/C10H16Br2N2/c1-3-9-5-10(14(2)13-9)4-8(6-11)7-12/h5,8H,3-4,6-7H2,1-2H3. The first-order valence-electron chi connectivity index (χ1n) is 4.85. The van der Waals surface area contributed by atoms with Crippen LogP contribution in [-0.2, 0) is 19.9 Å². The Balaban J connectivity index is 2.69. The molecule has 14 heavy (non-hydrogen) atoms. The zero-order valence-electron chi connectivity index (χ0n) is 8.63. The Labute approximate surface area is 102 Å². The van der Waals surface area contributed by atoms with Crippen molar-refractivity contribution in [1.82, 2.24) is 9.78 Å². The van der Waals surface area contributed by atoms with Gasteiger partial charge in [-0.05, 0) is 24.8 Å². The topological polar surface area (TPSA) is 17.8 Å². The molecule has 0 atom stereocenters. The van der Waals surface area contributed by atoms with Crippen LogP contribution in [0.25, 0.3) is 0 Å². The van der Waals surface area contributed by atoms with Gasteiger partial charge in [-0.1, -0.05) is 38.8 Å². The van der Waals surface area contributed by atoms with Gasteiger partial charge in [0.15, 0.2) is 0 Å². The van der Waals surface area contributed by atoms with Gasteiger partial charge in [0.2, 0.25) is 0 Å². The maximum Gasteiger partial charge on any atom is 0.0624 e. The number of aryl methyl sites for hydroxylation is 2. The highest BCUT2D eigenvalue weighted by molar-refractivity contribution is 9.09. The van der Waals surface area contributed by atoms with Crippen molar-refractivity contribution in [3.8, 4) is 0 Å². The van der Waals surface area contributed by atoms with Gasteiger partial charge in [-0.15, -0.1) is 0 Å². The van der Waals surface area contributed by atoms with Gasteiger partial charge in [0, 0.05) is 23.4 Å². The van der Waals surface area contributed by atoms with Crippen LogP contribution in [0.15, 0.2) is 6.07 Å². The molecule has 0 radical (unpaired) electrons. The minimum absolute atomic E-state index is 0.648. The summed E-state index contributed by atoms with van der Waals surface area (Å²) in [4.78, 5) is 0. The van der Waals surface area contributed by atoms with Crippen molar-refractivity contribution in [1.29, 1.82) is 0 Å². The van der Waals surface area contributed by atoms with Gasteiger partial charge in [0.25, 0.3) is 0 Å². The number of aromatic nitrogens is 2. The highest BCUT2D eigenvalue weighted by Crippen LogP contribution is 2.14. The zero-order chi connectivity index (χ0) is 10.6. The summed E-state index contributed by atoms with van der Waals surface area (Å²) in [5.74, 6) is 0.648. The lowest BCUT2D eigenvalue weighted by molar-refractivity contribution is 0.613. The lowest BCUT2D eigenvalue weighted by atomic mass is 10.1. The van der Waals surface area contributed by atoms with Crippen LogP contribution in [0, 0.1) is 5.92 Å². The normalized spacial score (nSPS) is 11.2. The van der Waals surface area contributed by atoms with Gasteiger partial charge in [-0.2, -0.15) is 5.10 Å². The lowest BCUT2D eigenvalue weighted by Crippen LogP contribution is -2.10. The van der Waals surface area contributed by atoms with Crippen molar-refractivity contribution < 1.29 is 0 Å². The quantitative estimate of drug-likeness (QED) is 0.762. The molecule has 1 rings (SSSR count). The van der Waals surface area contributed by atoms with E-state index in [-0.39, 0.29) is 0 Å². The van der Waals surface area contributed by atoms with E-state index in [2.05, 4.69) is 49.9 Å². The van der Waals surface area contributed by atoms with E-state index in [4.69, 9.17) is 0 Å². The molecule has 80 valence electrons. The molecule has 0 aliphatic carbocycles. The molecule has 0 N–H and O–H groups in total. The van der Waals surface area contributed by atoms with Crippen molar-refractivity contribution in [2.75, 3.05) is 10.7 Å². The minimum atomic E-state index is 0.648. The molecule has 0 amide bonds. The Bertz CT molecular complexity index is 280. The van der Waals surface area contributed by atoms with Gasteiger partial charge in [-0.3, -0.25) is 4.68 Å². The van der Waals surface area contributed by atoms with Crippen molar-refractivity contribution in [3.05, 3.63) is 17.5 Å². The Morgan fingerprint density at radius 3 is 2.50 bits per heavy atom. The van der Waals surface area contributed by atoms with E-state index in [9.17, 15) is 0 Å². The second-order valence-electron chi connectivity index (χ2n) is 3.48. The first kappa shape index (κ1) is 12.2. The molecular formula is C10H16Br2N2. The van der Waals surface area contributed by atoms with Crippen molar-refractivity contribution in [2.45, 2.75) is 19.8 Å². The summed E-state index contributed by atoms with van der Waals surface area (Å²) in [6.45, 7) is 2.14. The first-order chi connectivity index (χ1) is 6.71. The fraction of sp³-hybridized carbons (Fsp3) is 0.700. The van der Waals surface area contributed by atoms with Crippen LogP contribution < -0.4 is 0 Å². The number of hydrogen-bond acceptors (Lipinski definition) is 1. The summed E-state index contributed by atoms with van der Waals surface area (Å²) < 4.78 is 2.00. The van der Waals surface area contributed by atoms with E-state index in [1.165, 1.54) is 11.4 Å². The van der Waals surface area contributed by atoms with E-state index in [0.29, 0.717) is 5.92 Å². The molecule has 1 aromatic rings. The van der Waals surface area contributed by atoms with Crippen LogP contribution in [0.2, 0.25) is 0 Å². The fourth-order valence-corrected chi connectivity index (χ4v) is 2.91. The predicted molar refractivity (Wildman–Crippen MR) is 67.4 cm³/mol. The third kappa shape index (κ3) is 3.09. The van der Waals surface area contributed by atoms with E-state index in [1.54, 1.807) is 0 Å². The smallest absolute Gasteiger partial charge is 0.0624 e. The lowest BCUT2D eigenvalue weighted by Gasteiger charge is -2.09. The number of nitrogens with zero attached hydrogens (tertiary/aromatic N) is 2. The molecule has 0 saturated heterocycles. The van der Waals surface area contributed by atoms with Crippen LogP contribution in [0.1, 0.15) is 18.3 Å². The molecule has 0 aliphatic heterocycles. The third-order valence-electron chi connectivity index (χ3n) is 2.32. The number of hydrogen-bond donors (Lipinski definition) is 0. The largest absolute Gasteiger partial charge is 0.272 e. The summed E-state index contributed by atoms with van der Waals surface area (Å²) >= 11 is 7.04. The number of alkyl halides is 2. The average Bonchev–Trinajstić information content (AvgIpc) is 2.56. The van der Waals surface area contributed by atoms with Crippen LogP contribution in [0.3, 0.4) is 0 Å². The molecule has 1 aromatic heterocycles. The van der Waals surface area contributed by atoms with Crippen molar-refractivity contribution in [2.24, 2.45) is 13.0 Å². The SMILES string of the molecule is CCc1cc(CC(CBr)CBr)n(C)n1. The van der Waals surface area contributed by atoms with Crippen LogP contribution in [0.4, 0.5) is 0 Å². The van der Waals surface area contributed by atoms with Crippen LogP contribution in [0.5, 0.6) is 0 Å². The maximum atomic E-state index is 4.44. The maximum absolute atomic E-state index is 4.44. The van der Waals surface area contributed by atoms with Gasteiger partial charge >= 0.3 is 0 Å². The molecule has 0 aliphatic rings. The monoisotopic (exact) mass is 322 g/mol. The molecule has 4 heteroatoms. The fourth-order valence-electron chi connectivity index (χ4n) is 1.38. The van der Waals surface area contributed by atoms with Gasteiger partial charge < -0.3 is 0 Å². The molecule has 0 unspecified atom stereocenters. The Kier molecular flexibility index (Phi) is 5.17. The Morgan fingerprint density at radius 2 is 2.07 bits per heavy atom. The predicted octanol–water partition coefficient (Wildman–Crippen LogP) is 2.93. The second-order valence-corrected chi connectivity index (χ2v) is 4.78. The van der Waals surface area contributed by atoms with E-state index in [0.717, 1.165) is 23.5 Å². The second kappa shape index (κ2) is 5.91. The first-order valence-corrected chi connectivity index (χ1v) is 7.09. The zero-order valence-corrected chi connectivity index (χ0v) is 11.8. The molecule has 1 heterocycles. The number of halogens is 2. The minimum Gasteiger partial charge on any atom is -0.272 e. The molecule has 0 aromatic carbocycles. The highest BCUT2D eigenvalue weighted by Gasteiger charge is 2.10. The highest BCUT2D eigenvalue weighted by atomic mass is 79.9. The van der Waals surface area contributed by atoms with Crippen LogP contribution >= 0.6 is 31.9 Å². The van der Waals surface area contributed by atoms with Crippen LogP contribution in [-0.4, -0.2) is 20.4 Å². The Morgan fingerprint density at radius 1 is 1.43 bits per heavy atom. The molecule has 0 spiro atoms. The summed E-state index contributed by atoms with van der Waals surface area (Å²) in [6.07, 6.45) is 2.10. The summed E-state index contributed by atoms with van der Waals surface area (Å²) in [7, 11) is 2.02. The number of rotatable bonds is 5. The molecule has 0 bridgehead atoms. The van der Waals surface area contributed by atoms with E-state index in [1.807, 2.05) is 11.7 Å². The summed E-state index contributed by atoms with van der Waals surface area (Å²) in [5.41, 5.74) is 2.51. The van der Waals surface area contributed by atoms with Crippen molar-refractivity contribution in [3.63, 3.8) is 0 Å². The average molecular weight is 324 g/mol. The molecule has 0 fully saturated rings. The third-order valence-corrected chi connectivity index (χ3v) is 4.16. The van der Waals surface area contributed by atoms with E-state index >= 15 is 0 Å². The van der Waals surface area contributed by atoms with Gasteiger partial charge in [-0.25, -0.2) is 0 Å². The van der Waals surface area contributed by atoms with Gasteiger partial charge in [0.05, 0.1) is 5.69 Å². The Hall–Kier alpha value is 0.170.